The largest absolute Gasteiger partial charge is 0.497 e. The number of carbonyl (C=O) groups excluding carboxylic acids is 1. The summed E-state index contributed by atoms with van der Waals surface area (Å²) in [6.45, 7) is 1.99. The molecule has 0 heterocycles. The summed E-state index contributed by atoms with van der Waals surface area (Å²) in [5.74, 6) is 2.40. The number of nitrogens with one attached hydrogen (secondary N) is 3. The number of aliphatic imine (C=N–C) groups is 1. The number of guanidine groups is 1. The van der Waals surface area contributed by atoms with Gasteiger partial charge in [0.25, 0.3) is 5.91 Å². The summed E-state index contributed by atoms with van der Waals surface area (Å²) < 4.78 is 5.06. The molecule has 0 unspecified atom stereocenters. The van der Waals surface area contributed by atoms with Gasteiger partial charge in [0.1, 0.15) is 5.75 Å². The van der Waals surface area contributed by atoms with Crippen LogP contribution in [-0.2, 0) is 0 Å². The number of benzene rings is 1. The molecule has 0 aromatic heterocycles. The van der Waals surface area contributed by atoms with E-state index in [4.69, 9.17) is 4.74 Å². The third-order valence-electron chi connectivity index (χ3n) is 2.88. The van der Waals surface area contributed by atoms with Crippen molar-refractivity contribution in [2.24, 2.45) is 4.99 Å². The molecule has 0 fully saturated rings. The van der Waals surface area contributed by atoms with E-state index in [1.165, 1.54) is 0 Å². The highest BCUT2D eigenvalue weighted by molar-refractivity contribution is 14.0. The summed E-state index contributed by atoms with van der Waals surface area (Å²) in [5, 5.41) is 9.20. The van der Waals surface area contributed by atoms with Gasteiger partial charge in [0, 0.05) is 38.0 Å². The van der Waals surface area contributed by atoms with Crippen molar-refractivity contribution in [3.63, 3.8) is 0 Å². The smallest absolute Gasteiger partial charge is 0.251 e. The molecule has 0 atom stereocenters. The zero-order chi connectivity index (χ0) is 16.2. The predicted molar refractivity (Wildman–Crippen MR) is 108 cm³/mol. The molecule has 0 aliphatic rings. The lowest BCUT2D eigenvalue weighted by molar-refractivity contribution is 0.0954. The lowest BCUT2D eigenvalue weighted by atomic mass is 10.2. The number of carbonyl (C=O) groups is 1. The van der Waals surface area contributed by atoms with E-state index in [-0.39, 0.29) is 29.9 Å². The fraction of sp³-hybridized carbons (Fsp3) is 0.467. The Morgan fingerprint density at radius 3 is 2.30 bits per heavy atom. The summed E-state index contributed by atoms with van der Waals surface area (Å²) in [4.78, 5) is 16.1. The Kier molecular flexibility index (Phi) is 12.6. The number of methoxy groups -OCH3 is 1. The molecule has 0 spiro atoms. The third kappa shape index (κ3) is 8.89. The quantitative estimate of drug-likeness (QED) is 0.242. The van der Waals surface area contributed by atoms with E-state index < -0.39 is 0 Å². The van der Waals surface area contributed by atoms with Crippen LogP contribution in [0.15, 0.2) is 29.3 Å². The SMILES string of the molecule is CN=C(NCCNC(=O)c1ccc(OC)cc1)NCCSC.I. The maximum absolute atomic E-state index is 11.9. The molecule has 23 heavy (non-hydrogen) atoms. The van der Waals surface area contributed by atoms with Crippen molar-refractivity contribution in [2.45, 2.75) is 0 Å². The zero-order valence-corrected chi connectivity index (χ0v) is 16.9. The van der Waals surface area contributed by atoms with Crippen LogP contribution in [0, 0.1) is 0 Å². The molecule has 1 aromatic carbocycles. The van der Waals surface area contributed by atoms with Crippen molar-refractivity contribution >= 4 is 47.6 Å². The minimum absolute atomic E-state index is 0. The van der Waals surface area contributed by atoms with E-state index in [2.05, 4.69) is 27.2 Å². The second kappa shape index (κ2) is 13.3. The molecule has 1 rings (SSSR count). The molecule has 1 aromatic rings. The molecule has 0 saturated heterocycles. The Bertz CT molecular complexity index is 483. The Hall–Kier alpha value is -1.16. The van der Waals surface area contributed by atoms with Crippen molar-refractivity contribution in [1.82, 2.24) is 16.0 Å². The van der Waals surface area contributed by atoms with Gasteiger partial charge in [-0.1, -0.05) is 0 Å². The highest BCUT2D eigenvalue weighted by atomic mass is 127. The molecular formula is C15H25IN4O2S. The van der Waals surface area contributed by atoms with Gasteiger partial charge in [0.15, 0.2) is 5.96 Å². The summed E-state index contributed by atoms with van der Waals surface area (Å²) in [6, 6.07) is 7.02. The van der Waals surface area contributed by atoms with Gasteiger partial charge in [-0.25, -0.2) is 0 Å². The summed E-state index contributed by atoms with van der Waals surface area (Å²) in [6.07, 6.45) is 2.06. The lowest BCUT2D eigenvalue weighted by Crippen LogP contribution is -2.42. The van der Waals surface area contributed by atoms with Crippen molar-refractivity contribution in [2.75, 3.05) is 45.8 Å². The summed E-state index contributed by atoms with van der Waals surface area (Å²) in [5.41, 5.74) is 0.614. The van der Waals surface area contributed by atoms with E-state index in [9.17, 15) is 4.79 Å². The van der Waals surface area contributed by atoms with E-state index >= 15 is 0 Å². The Labute approximate surface area is 159 Å². The molecule has 130 valence electrons. The molecule has 8 heteroatoms. The van der Waals surface area contributed by atoms with Crippen LogP contribution < -0.4 is 20.7 Å². The minimum atomic E-state index is -0.102. The van der Waals surface area contributed by atoms with Crippen molar-refractivity contribution in [1.29, 1.82) is 0 Å². The molecule has 6 nitrogen and oxygen atoms in total. The number of rotatable bonds is 8. The van der Waals surface area contributed by atoms with Crippen LogP contribution in [-0.4, -0.2) is 57.7 Å². The molecule has 1 amide bonds. The zero-order valence-electron chi connectivity index (χ0n) is 13.7. The van der Waals surface area contributed by atoms with Gasteiger partial charge in [-0.15, -0.1) is 24.0 Å². The standard InChI is InChI=1S/C15H24N4O2S.HI/c1-16-15(19-10-11-22-3)18-9-8-17-14(20)12-4-6-13(21-2)7-5-12;/h4-7H,8-11H2,1-3H3,(H,17,20)(H2,16,18,19);1H. The minimum Gasteiger partial charge on any atom is -0.497 e. The number of hydrogen-bond acceptors (Lipinski definition) is 4. The maximum Gasteiger partial charge on any atom is 0.251 e. The summed E-state index contributed by atoms with van der Waals surface area (Å²) in [7, 11) is 3.32. The van der Waals surface area contributed by atoms with E-state index in [0.29, 0.717) is 18.7 Å². The Balaban J connectivity index is 0.00000484. The average Bonchev–Trinajstić information content (AvgIpc) is 2.57. The van der Waals surface area contributed by atoms with Gasteiger partial charge in [-0.2, -0.15) is 11.8 Å². The van der Waals surface area contributed by atoms with Crippen molar-refractivity contribution in [3.8, 4) is 5.75 Å². The van der Waals surface area contributed by atoms with Crippen LogP contribution >= 0.6 is 35.7 Å². The topological polar surface area (TPSA) is 74.8 Å². The number of thioether (sulfide) groups is 1. The van der Waals surface area contributed by atoms with Crippen LogP contribution in [0.25, 0.3) is 0 Å². The number of ether oxygens (including phenoxy) is 1. The molecular weight excluding hydrogens is 427 g/mol. The summed E-state index contributed by atoms with van der Waals surface area (Å²) >= 11 is 1.78. The van der Waals surface area contributed by atoms with Crippen LogP contribution in [0.3, 0.4) is 0 Å². The molecule has 0 aliphatic heterocycles. The molecule has 0 radical (unpaired) electrons. The normalized spacial score (nSPS) is 10.5. The first kappa shape index (κ1) is 21.8. The predicted octanol–water partition coefficient (Wildman–Crippen LogP) is 1.57. The second-order valence-corrected chi connectivity index (χ2v) is 5.39. The van der Waals surface area contributed by atoms with Gasteiger partial charge >= 0.3 is 0 Å². The van der Waals surface area contributed by atoms with E-state index in [1.807, 2.05) is 0 Å². The van der Waals surface area contributed by atoms with Crippen LogP contribution in [0.2, 0.25) is 0 Å². The van der Waals surface area contributed by atoms with Crippen LogP contribution in [0.1, 0.15) is 10.4 Å². The lowest BCUT2D eigenvalue weighted by Gasteiger charge is -2.12. The fourth-order valence-corrected chi connectivity index (χ4v) is 2.00. The Morgan fingerprint density at radius 2 is 1.74 bits per heavy atom. The van der Waals surface area contributed by atoms with Crippen LogP contribution in [0.5, 0.6) is 5.75 Å². The highest BCUT2D eigenvalue weighted by Crippen LogP contribution is 2.10. The average molecular weight is 452 g/mol. The van der Waals surface area contributed by atoms with E-state index in [0.717, 1.165) is 24.0 Å². The fourth-order valence-electron chi connectivity index (χ4n) is 1.69. The van der Waals surface area contributed by atoms with E-state index in [1.54, 1.807) is 50.2 Å². The Morgan fingerprint density at radius 1 is 1.13 bits per heavy atom. The molecule has 0 saturated carbocycles. The monoisotopic (exact) mass is 452 g/mol. The first-order valence-electron chi connectivity index (χ1n) is 7.07. The first-order chi connectivity index (χ1) is 10.7. The van der Waals surface area contributed by atoms with Gasteiger partial charge < -0.3 is 20.7 Å². The number of amides is 1. The van der Waals surface area contributed by atoms with Gasteiger partial charge in [0.2, 0.25) is 0 Å². The number of halogens is 1. The first-order valence-corrected chi connectivity index (χ1v) is 8.46. The highest BCUT2D eigenvalue weighted by Gasteiger charge is 2.04. The molecule has 0 aliphatic carbocycles. The molecule has 3 N–H and O–H groups in total. The third-order valence-corrected chi connectivity index (χ3v) is 3.49. The van der Waals surface area contributed by atoms with Crippen molar-refractivity contribution in [3.05, 3.63) is 29.8 Å². The van der Waals surface area contributed by atoms with Gasteiger partial charge in [-0.3, -0.25) is 9.79 Å². The van der Waals surface area contributed by atoms with Gasteiger partial charge in [-0.05, 0) is 30.5 Å². The van der Waals surface area contributed by atoms with Gasteiger partial charge in [0.05, 0.1) is 7.11 Å². The van der Waals surface area contributed by atoms with Crippen molar-refractivity contribution < 1.29 is 9.53 Å². The molecule has 0 bridgehead atoms. The second-order valence-electron chi connectivity index (χ2n) is 4.40. The maximum atomic E-state index is 11.9. The number of nitrogens with zero attached hydrogens (tertiary/aromatic N) is 1. The van der Waals surface area contributed by atoms with Crippen LogP contribution in [0.4, 0.5) is 0 Å². The number of hydrogen-bond donors (Lipinski definition) is 3.